The second-order valence-corrected chi connectivity index (χ2v) is 12.4. The van der Waals surface area contributed by atoms with E-state index < -0.39 is 5.60 Å². The molecule has 0 aromatic carbocycles. The van der Waals surface area contributed by atoms with Crippen LogP contribution in [0.25, 0.3) is 0 Å². The van der Waals surface area contributed by atoms with E-state index in [9.17, 15) is 10.2 Å². The molecule has 0 spiro atoms. The van der Waals surface area contributed by atoms with Gasteiger partial charge in [-0.3, -0.25) is 0 Å². The van der Waals surface area contributed by atoms with Crippen LogP contribution in [0.5, 0.6) is 0 Å². The van der Waals surface area contributed by atoms with Gasteiger partial charge in [0.15, 0.2) is 0 Å². The Bertz CT molecular complexity index is 826. The van der Waals surface area contributed by atoms with Crippen LogP contribution in [-0.4, -0.2) is 45.2 Å². The Balaban J connectivity index is 1.32. The van der Waals surface area contributed by atoms with Crippen LogP contribution in [0, 0.1) is 47.3 Å². The maximum Gasteiger partial charge on any atom is 0.105 e. The highest BCUT2D eigenvalue weighted by Gasteiger charge is 2.61. The van der Waals surface area contributed by atoms with Gasteiger partial charge in [0, 0.05) is 19.5 Å². The summed E-state index contributed by atoms with van der Waals surface area (Å²) >= 11 is 0. The highest BCUT2D eigenvalue weighted by atomic mass is 16.5. The van der Waals surface area contributed by atoms with Crippen molar-refractivity contribution >= 4 is 0 Å². The minimum atomic E-state index is -0.622. The quantitative estimate of drug-likeness (QED) is 0.697. The van der Waals surface area contributed by atoms with Gasteiger partial charge in [0.05, 0.1) is 24.9 Å². The van der Waals surface area contributed by atoms with Crippen LogP contribution in [-0.2, 0) is 11.3 Å². The first-order valence-electron chi connectivity index (χ1n) is 13.1. The van der Waals surface area contributed by atoms with E-state index in [1.807, 2.05) is 19.3 Å². The molecule has 5 heteroatoms. The van der Waals surface area contributed by atoms with Crippen molar-refractivity contribution in [2.75, 3.05) is 13.7 Å². The van der Waals surface area contributed by atoms with Crippen LogP contribution in [0.15, 0.2) is 12.4 Å². The molecule has 0 aliphatic heterocycles. The zero-order valence-corrected chi connectivity index (χ0v) is 20.6. The van der Waals surface area contributed by atoms with Gasteiger partial charge >= 0.3 is 0 Å². The second kappa shape index (κ2) is 8.09. The molecule has 1 aromatic heterocycles. The minimum absolute atomic E-state index is 0.254. The summed E-state index contributed by atoms with van der Waals surface area (Å²) in [4.78, 5) is 4.34. The number of hydrogen-bond acceptors (Lipinski definition) is 4. The van der Waals surface area contributed by atoms with E-state index >= 15 is 0 Å². The smallest absolute Gasteiger partial charge is 0.105 e. The van der Waals surface area contributed by atoms with Gasteiger partial charge in [-0.1, -0.05) is 13.8 Å². The number of aryl methyl sites for hydroxylation is 1. The number of imidazole rings is 1. The Morgan fingerprint density at radius 3 is 2.59 bits per heavy atom. The third-order valence-electron chi connectivity index (χ3n) is 11.1. The molecule has 4 aliphatic rings. The van der Waals surface area contributed by atoms with Crippen molar-refractivity contribution in [3.05, 3.63) is 18.2 Å². The van der Waals surface area contributed by atoms with E-state index in [-0.39, 0.29) is 11.5 Å². The monoisotopic (exact) mass is 444 g/mol. The number of aromatic nitrogens is 2. The Labute approximate surface area is 194 Å². The molecule has 5 nitrogen and oxygen atoms in total. The van der Waals surface area contributed by atoms with Crippen molar-refractivity contribution in [2.24, 2.45) is 40.4 Å². The number of ether oxygens (including phenoxy) is 1. The number of rotatable bonds is 5. The third kappa shape index (κ3) is 3.49. The molecule has 2 N–H and O–H groups in total. The average molecular weight is 445 g/mol. The topological polar surface area (TPSA) is 67.5 Å². The maximum atomic E-state index is 11.3. The molecule has 4 fully saturated rings. The lowest BCUT2D eigenvalue weighted by Crippen LogP contribution is -2.57. The molecule has 2 unspecified atom stereocenters. The van der Waals surface area contributed by atoms with Crippen LogP contribution in [0.3, 0.4) is 0 Å². The van der Waals surface area contributed by atoms with Crippen molar-refractivity contribution in [1.82, 2.24) is 9.55 Å². The third-order valence-corrected chi connectivity index (χ3v) is 11.1. The van der Waals surface area contributed by atoms with Crippen LogP contribution < -0.4 is 0 Å². The highest BCUT2D eigenvalue weighted by Crippen LogP contribution is 2.68. The van der Waals surface area contributed by atoms with Gasteiger partial charge in [-0.25, -0.2) is 4.98 Å². The summed E-state index contributed by atoms with van der Waals surface area (Å²) in [5, 5.41) is 22.4. The molecule has 0 bridgehead atoms. The summed E-state index contributed by atoms with van der Waals surface area (Å²) in [6.07, 6.45) is 14.0. The Morgan fingerprint density at radius 2 is 1.88 bits per heavy atom. The molecule has 9 atom stereocenters. The Hall–Kier alpha value is -0.910. The normalized spacial score (nSPS) is 46.9. The molecular weight excluding hydrogens is 400 g/mol. The lowest BCUT2D eigenvalue weighted by molar-refractivity contribution is -0.165. The van der Waals surface area contributed by atoms with Gasteiger partial charge in [0.1, 0.15) is 5.82 Å². The molecule has 1 aromatic rings. The molecule has 5 rings (SSSR count). The SMILES string of the molecule is COC[C@@]1(O)CC[C@@]2(C)[C@@H](CCC3[C@@H]2CC[C@]2(C)[C@@H](C(O)Cn4ccnc4C)CC[C@@H]32)C1. The molecule has 0 amide bonds. The van der Waals surface area contributed by atoms with E-state index in [0.717, 1.165) is 49.3 Å². The predicted octanol–water partition coefficient (Wildman–Crippen LogP) is 4.59. The minimum Gasteiger partial charge on any atom is -0.391 e. The number of hydrogen-bond donors (Lipinski definition) is 2. The largest absolute Gasteiger partial charge is 0.391 e. The summed E-state index contributed by atoms with van der Waals surface area (Å²) in [5.74, 6) is 4.30. The summed E-state index contributed by atoms with van der Waals surface area (Å²) in [6, 6.07) is 0. The van der Waals surface area contributed by atoms with Crippen LogP contribution >= 0.6 is 0 Å². The molecule has 0 radical (unpaired) electrons. The van der Waals surface area contributed by atoms with Gasteiger partial charge in [-0.05, 0) is 105 Å². The summed E-state index contributed by atoms with van der Waals surface area (Å²) in [7, 11) is 1.71. The van der Waals surface area contributed by atoms with Crippen molar-refractivity contribution in [1.29, 1.82) is 0 Å². The fourth-order valence-electron chi connectivity index (χ4n) is 9.32. The zero-order valence-electron chi connectivity index (χ0n) is 20.6. The first-order valence-corrected chi connectivity index (χ1v) is 13.1. The van der Waals surface area contributed by atoms with Crippen LogP contribution in [0.2, 0.25) is 0 Å². The molecule has 0 saturated heterocycles. The van der Waals surface area contributed by atoms with Crippen LogP contribution in [0.4, 0.5) is 0 Å². The van der Waals surface area contributed by atoms with E-state index in [4.69, 9.17) is 4.74 Å². The molecule has 4 aliphatic carbocycles. The molecule has 4 saturated carbocycles. The number of aliphatic hydroxyl groups is 2. The van der Waals surface area contributed by atoms with Gasteiger partial charge in [0.25, 0.3) is 0 Å². The van der Waals surface area contributed by atoms with Gasteiger partial charge in [0.2, 0.25) is 0 Å². The standard InChI is InChI=1S/C27H44N2O3/c1-18-28-13-14-29(18)16-24(30)23-8-7-21-20-6-5-19-15-27(31,17-32-4)12-11-25(19,2)22(20)9-10-26(21,23)3/h13-14,19-24,30-31H,5-12,15-17H2,1-4H3/t19-,20?,21-,22-,23+,24?,25-,26-,27+/m0/s1. The lowest BCUT2D eigenvalue weighted by atomic mass is 9.44. The summed E-state index contributed by atoms with van der Waals surface area (Å²) < 4.78 is 7.49. The van der Waals surface area contributed by atoms with Gasteiger partial charge in [-0.2, -0.15) is 0 Å². The van der Waals surface area contributed by atoms with Crippen molar-refractivity contribution in [3.63, 3.8) is 0 Å². The zero-order chi connectivity index (χ0) is 22.7. The fourth-order valence-corrected chi connectivity index (χ4v) is 9.32. The van der Waals surface area contributed by atoms with Gasteiger partial charge in [-0.15, -0.1) is 0 Å². The summed E-state index contributed by atoms with van der Waals surface area (Å²) in [5.41, 5.74) is -0.0124. The number of methoxy groups -OCH3 is 1. The molecule has 180 valence electrons. The number of nitrogens with zero attached hydrogens (tertiary/aromatic N) is 2. The lowest BCUT2D eigenvalue weighted by Gasteiger charge is -2.62. The molecular formula is C27H44N2O3. The van der Waals surface area contributed by atoms with Gasteiger partial charge < -0.3 is 19.5 Å². The van der Waals surface area contributed by atoms with Crippen molar-refractivity contribution in [2.45, 2.75) is 96.8 Å². The predicted molar refractivity (Wildman–Crippen MR) is 125 cm³/mol. The van der Waals surface area contributed by atoms with E-state index in [2.05, 4.69) is 23.4 Å². The van der Waals surface area contributed by atoms with Crippen molar-refractivity contribution < 1.29 is 14.9 Å². The van der Waals surface area contributed by atoms with E-state index in [1.165, 1.54) is 32.1 Å². The first-order chi connectivity index (χ1) is 15.2. The maximum absolute atomic E-state index is 11.3. The first kappa shape index (κ1) is 22.9. The van der Waals surface area contributed by atoms with E-state index in [0.29, 0.717) is 30.4 Å². The Morgan fingerprint density at radius 1 is 1.09 bits per heavy atom. The Kier molecular flexibility index (Phi) is 5.78. The average Bonchev–Trinajstić information content (AvgIpc) is 3.31. The second-order valence-electron chi connectivity index (χ2n) is 12.4. The fraction of sp³-hybridized carbons (Fsp3) is 0.889. The number of aliphatic hydroxyl groups excluding tert-OH is 1. The molecule has 1 heterocycles. The van der Waals surface area contributed by atoms with E-state index in [1.54, 1.807) is 7.11 Å². The molecule has 32 heavy (non-hydrogen) atoms. The van der Waals surface area contributed by atoms with Crippen LogP contribution in [0.1, 0.15) is 77.5 Å². The highest BCUT2D eigenvalue weighted by molar-refractivity contribution is 5.11. The summed E-state index contributed by atoms with van der Waals surface area (Å²) in [6.45, 7) is 8.22. The van der Waals surface area contributed by atoms with Crippen molar-refractivity contribution in [3.8, 4) is 0 Å². The number of fused-ring (bicyclic) bond motifs is 5.